The van der Waals surface area contributed by atoms with Gasteiger partial charge in [-0.05, 0) is 48.1 Å². The lowest BCUT2D eigenvalue weighted by molar-refractivity contribution is -0.124. The molecule has 3 rings (SSSR count). The summed E-state index contributed by atoms with van der Waals surface area (Å²) in [6.07, 6.45) is 6.45. The van der Waals surface area contributed by atoms with E-state index in [9.17, 15) is 19.5 Å². The number of nitrogens with one attached hydrogen (secondary N) is 2. The number of rotatable bonds is 11. The zero-order valence-corrected chi connectivity index (χ0v) is 20.0. The number of hydrogen-bond acceptors (Lipinski definition) is 5. The van der Waals surface area contributed by atoms with E-state index in [0.717, 1.165) is 54.1 Å². The molecule has 7 heteroatoms. The van der Waals surface area contributed by atoms with Crippen molar-refractivity contribution in [1.29, 1.82) is 0 Å². The van der Waals surface area contributed by atoms with Crippen molar-refractivity contribution in [2.75, 3.05) is 7.05 Å². The van der Waals surface area contributed by atoms with E-state index in [1.165, 1.54) is 6.42 Å². The lowest BCUT2D eigenvalue weighted by Crippen LogP contribution is -2.28. The van der Waals surface area contributed by atoms with Crippen molar-refractivity contribution in [2.24, 2.45) is 5.92 Å². The highest BCUT2D eigenvalue weighted by atomic mass is 32.2. The predicted octanol–water partition coefficient (Wildman–Crippen LogP) is 4.83. The lowest BCUT2D eigenvalue weighted by Gasteiger charge is -2.17. The molecule has 1 saturated heterocycles. The molecule has 3 N–H and O–H groups in total. The van der Waals surface area contributed by atoms with Crippen molar-refractivity contribution in [3.05, 3.63) is 53.6 Å². The number of unbranched alkanes of at least 4 members (excludes halogenated alkanes) is 3. The van der Waals surface area contributed by atoms with Gasteiger partial charge in [0.1, 0.15) is 5.75 Å². The Kier molecular flexibility index (Phi) is 8.95. The van der Waals surface area contributed by atoms with E-state index in [-0.39, 0.29) is 28.7 Å². The third kappa shape index (κ3) is 6.84. The van der Waals surface area contributed by atoms with Gasteiger partial charge in [0.15, 0.2) is 0 Å². The van der Waals surface area contributed by atoms with Crippen LogP contribution in [0.5, 0.6) is 5.75 Å². The van der Waals surface area contributed by atoms with Crippen molar-refractivity contribution < 1.29 is 19.5 Å². The molecular formula is C26H32N2O4S. The molecule has 2 aromatic rings. The largest absolute Gasteiger partial charge is 0.507 e. The van der Waals surface area contributed by atoms with E-state index < -0.39 is 5.25 Å². The Hall–Kier alpha value is -2.80. The van der Waals surface area contributed by atoms with Gasteiger partial charge in [-0.2, -0.15) is 0 Å². The summed E-state index contributed by atoms with van der Waals surface area (Å²) in [4.78, 5) is 35.6. The number of carbonyl (C=O) groups excluding carboxylic acids is 3. The molecule has 0 aliphatic carbocycles. The molecule has 2 atom stereocenters. The summed E-state index contributed by atoms with van der Waals surface area (Å²) in [5.41, 5.74) is 3.53. The monoisotopic (exact) mass is 468 g/mol. The van der Waals surface area contributed by atoms with Crippen molar-refractivity contribution in [3.8, 4) is 16.9 Å². The number of thioether (sulfide) groups is 1. The van der Waals surface area contributed by atoms with Gasteiger partial charge in [-0.25, -0.2) is 0 Å². The Morgan fingerprint density at radius 1 is 1.09 bits per heavy atom. The van der Waals surface area contributed by atoms with Gasteiger partial charge >= 0.3 is 0 Å². The van der Waals surface area contributed by atoms with Gasteiger partial charge in [-0.1, -0.05) is 74.7 Å². The Morgan fingerprint density at radius 3 is 2.45 bits per heavy atom. The highest BCUT2D eigenvalue weighted by Gasteiger charge is 2.31. The lowest BCUT2D eigenvalue weighted by atomic mass is 9.91. The molecule has 0 saturated carbocycles. The number of hydrogen-bond donors (Lipinski definition) is 3. The summed E-state index contributed by atoms with van der Waals surface area (Å²) >= 11 is 1.02. The van der Waals surface area contributed by atoms with Crippen LogP contribution in [0.3, 0.4) is 0 Å². The molecule has 3 amide bonds. The first-order valence-electron chi connectivity index (χ1n) is 11.6. The standard InChI is InChI=1S/C26H32N2O4S/c1-3-4-5-6-7-20(24(30)27-2)14-18-10-13-22(29)21(15-18)19-11-8-17(9-12-19)16-23-25(31)28-26(32)33-23/h8-13,15,20,23,29H,3-7,14,16H2,1-2H3,(H,27,30)(H,28,31,32). The van der Waals surface area contributed by atoms with E-state index in [0.29, 0.717) is 18.4 Å². The van der Waals surface area contributed by atoms with Crippen LogP contribution < -0.4 is 10.6 Å². The maximum Gasteiger partial charge on any atom is 0.286 e. The molecule has 0 aromatic heterocycles. The van der Waals surface area contributed by atoms with Crippen molar-refractivity contribution in [1.82, 2.24) is 10.6 Å². The predicted molar refractivity (Wildman–Crippen MR) is 132 cm³/mol. The third-order valence-corrected chi connectivity index (χ3v) is 7.00. The second-order valence-corrected chi connectivity index (χ2v) is 9.68. The SMILES string of the molecule is CCCCCCC(Cc1ccc(O)c(-c2ccc(CC3SC(=O)NC3=O)cc2)c1)C(=O)NC. The van der Waals surface area contributed by atoms with Crippen LogP contribution in [-0.4, -0.2) is 34.5 Å². The normalized spacial score (nSPS) is 16.5. The number of phenolic OH excluding ortho intramolecular Hbond substituents is 1. The molecule has 0 bridgehead atoms. The van der Waals surface area contributed by atoms with Crippen LogP contribution in [0.1, 0.15) is 50.2 Å². The molecule has 6 nitrogen and oxygen atoms in total. The Labute approximate surface area is 199 Å². The Bertz CT molecular complexity index is 990. The fourth-order valence-corrected chi connectivity index (χ4v) is 5.00. The van der Waals surface area contributed by atoms with Crippen molar-refractivity contribution >= 4 is 28.8 Å². The summed E-state index contributed by atoms with van der Waals surface area (Å²) in [5, 5.41) is 14.9. The van der Waals surface area contributed by atoms with Gasteiger partial charge in [-0.3, -0.25) is 19.7 Å². The molecule has 2 aromatic carbocycles. The van der Waals surface area contributed by atoms with Gasteiger partial charge in [0.05, 0.1) is 5.25 Å². The number of aromatic hydroxyl groups is 1. The topological polar surface area (TPSA) is 95.5 Å². The molecule has 0 spiro atoms. The number of imide groups is 1. The van der Waals surface area contributed by atoms with Crippen LogP contribution in [0.15, 0.2) is 42.5 Å². The summed E-state index contributed by atoms with van der Waals surface area (Å²) in [6.45, 7) is 2.17. The third-order valence-electron chi connectivity index (χ3n) is 6.02. The molecule has 33 heavy (non-hydrogen) atoms. The maximum absolute atomic E-state index is 12.4. The number of amides is 3. The van der Waals surface area contributed by atoms with Crippen LogP contribution >= 0.6 is 11.8 Å². The number of benzene rings is 2. The molecular weight excluding hydrogens is 436 g/mol. The minimum Gasteiger partial charge on any atom is -0.507 e. The molecule has 0 radical (unpaired) electrons. The fourth-order valence-electron chi connectivity index (χ4n) is 4.14. The summed E-state index contributed by atoms with van der Waals surface area (Å²) in [7, 11) is 1.68. The van der Waals surface area contributed by atoms with Gasteiger partial charge in [0.2, 0.25) is 11.8 Å². The Balaban J connectivity index is 1.71. The molecule has 176 valence electrons. The molecule has 1 fully saturated rings. The summed E-state index contributed by atoms with van der Waals surface area (Å²) in [5.74, 6) is -0.107. The van der Waals surface area contributed by atoms with Crippen LogP contribution in [0.25, 0.3) is 11.1 Å². The van der Waals surface area contributed by atoms with Gasteiger partial charge in [0.25, 0.3) is 5.24 Å². The van der Waals surface area contributed by atoms with Gasteiger partial charge < -0.3 is 10.4 Å². The van der Waals surface area contributed by atoms with E-state index in [1.54, 1.807) is 13.1 Å². The second kappa shape index (κ2) is 11.9. The van der Waals surface area contributed by atoms with Gasteiger partial charge in [0, 0.05) is 18.5 Å². The van der Waals surface area contributed by atoms with E-state index >= 15 is 0 Å². The first-order valence-corrected chi connectivity index (χ1v) is 12.4. The van der Waals surface area contributed by atoms with E-state index in [2.05, 4.69) is 17.6 Å². The average Bonchev–Trinajstić information content (AvgIpc) is 3.13. The molecule has 1 aliphatic heterocycles. The first kappa shape index (κ1) is 24.8. The quantitative estimate of drug-likeness (QED) is 0.411. The highest BCUT2D eigenvalue weighted by Crippen LogP contribution is 2.32. The first-order chi connectivity index (χ1) is 15.9. The highest BCUT2D eigenvalue weighted by molar-refractivity contribution is 8.15. The van der Waals surface area contributed by atoms with E-state index in [4.69, 9.17) is 0 Å². The fraction of sp³-hybridized carbons (Fsp3) is 0.423. The van der Waals surface area contributed by atoms with Crippen molar-refractivity contribution in [3.63, 3.8) is 0 Å². The van der Waals surface area contributed by atoms with E-state index in [1.807, 2.05) is 36.4 Å². The summed E-state index contributed by atoms with van der Waals surface area (Å²) in [6, 6.07) is 13.2. The second-order valence-electron chi connectivity index (χ2n) is 8.50. The maximum atomic E-state index is 12.4. The number of phenols is 1. The summed E-state index contributed by atoms with van der Waals surface area (Å²) < 4.78 is 0. The van der Waals surface area contributed by atoms with Crippen LogP contribution in [0.2, 0.25) is 0 Å². The van der Waals surface area contributed by atoms with Crippen molar-refractivity contribution in [2.45, 2.75) is 57.1 Å². The van der Waals surface area contributed by atoms with Gasteiger partial charge in [-0.15, -0.1) is 0 Å². The minimum absolute atomic E-state index is 0.0535. The molecule has 1 heterocycles. The average molecular weight is 469 g/mol. The smallest absolute Gasteiger partial charge is 0.286 e. The Morgan fingerprint density at radius 2 is 1.82 bits per heavy atom. The molecule has 1 aliphatic rings. The van der Waals surface area contributed by atoms with Crippen LogP contribution in [0.4, 0.5) is 4.79 Å². The number of carbonyl (C=O) groups is 3. The van der Waals surface area contributed by atoms with Crippen LogP contribution in [0, 0.1) is 5.92 Å². The van der Waals surface area contributed by atoms with Crippen LogP contribution in [-0.2, 0) is 22.4 Å². The molecule has 2 unspecified atom stereocenters. The minimum atomic E-state index is -0.404. The zero-order valence-electron chi connectivity index (χ0n) is 19.2. The zero-order chi connectivity index (χ0) is 23.8.